The third-order valence-electron chi connectivity index (χ3n) is 6.68. The molecule has 2 aromatic carbocycles. The second-order valence-electron chi connectivity index (χ2n) is 9.33. The predicted octanol–water partition coefficient (Wildman–Crippen LogP) is 2.39. The van der Waals surface area contributed by atoms with Crippen LogP contribution < -0.4 is 33.8 Å². The molecule has 1 aromatic heterocycles. The van der Waals surface area contributed by atoms with Gasteiger partial charge in [0.05, 0.1) is 58.7 Å². The van der Waals surface area contributed by atoms with Crippen molar-refractivity contribution in [3.05, 3.63) is 82.5 Å². The number of ether oxygens (including phenoxy) is 6. The topological polar surface area (TPSA) is 167 Å². The van der Waals surface area contributed by atoms with Crippen molar-refractivity contribution in [2.45, 2.75) is 26.8 Å². The first-order chi connectivity index (χ1) is 21.2. The number of rotatable bonds is 10. The Morgan fingerprint density at radius 3 is 2.57 bits per heavy atom. The SMILES string of the molecule is CCOC(=O)C1=C(C)N=c2s/c(=C/c3cc4c(cc3[N+](=O)[O-])OCO4)c(=O)n2[C@@H]1c1ccc(OCC(=O)OC)c(OCC)c1. The maximum absolute atomic E-state index is 14.0. The summed E-state index contributed by atoms with van der Waals surface area (Å²) >= 11 is 1.01. The van der Waals surface area contributed by atoms with Gasteiger partial charge in [-0.25, -0.2) is 14.6 Å². The van der Waals surface area contributed by atoms with E-state index in [4.69, 9.17) is 23.7 Å². The van der Waals surface area contributed by atoms with Crippen molar-refractivity contribution in [3.8, 4) is 23.0 Å². The number of esters is 2. The molecule has 0 saturated heterocycles. The van der Waals surface area contributed by atoms with Gasteiger partial charge in [-0.15, -0.1) is 0 Å². The zero-order chi connectivity index (χ0) is 31.5. The molecule has 0 N–H and O–H groups in total. The number of nitrogens with zero attached hydrogens (tertiary/aromatic N) is 3. The lowest BCUT2D eigenvalue weighted by Gasteiger charge is -2.25. The number of methoxy groups -OCH3 is 1. The molecule has 0 saturated carbocycles. The summed E-state index contributed by atoms with van der Waals surface area (Å²) in [7, 11) is 1.24. The fourth-order valence-electron chi connectivity index (χ4n) is 4.75. The molecule has 0 fully saturated rings. The van der Waals surface area contributed by atoms with Crippen LogP contribution in [0.5, 0.6) is 23.0 Å². The number of fused-ring (bicyclic) bond motifs is 2. The van der Waals surface area contributed by atoms with Crippen molar-refractivity contribution >= 4 is 35.0 Å². The minimum Gasteiger partial charge on any atom is -0.490 e. The third kappa shape index (κ3) is 5.73. The molecule has 2 aliphatic rings. The van der Waals surface area contributed by atoms with E-state index in [2.05, 4.69) is 9.73 Å². The summed E-state index contributed by atoms with van der Waals surface area (Å²) in [5.74, 6) is -0.190. The summed E-state index contributed by atoms with van der Waals surface area (Å²) < 4.78 is 33.5. The predicted molar refractivity (Wildman–Crippen MR) is 155 cm³/mol. The first-order valence-electron chi connectivity index (χ1n) is 13.4. The second kappa shape index (κ2) is 12.6. The highest BCUT2D eigenvalue weighted by molar-refractivity contribution is 7.07. The minimum atomic E-state index is -0.993. The van der Waals surface area contributed by atoms with Crippen LogP contribution in [-0.4, -0.2) is 55.2 Å². The van der Waals surface area contributed by atoms with Gasteiger partial charge in [0.2, 0.25) is 6.79 Å². The van der Waals surface area contributed by atoms with Crippen LogP contribution in [0.15, 0.2) is 51.4 Å². The van der Waals surface area contributed by atoms with Gasteiger partial charge in [0.25, 0.3) is 11.2 Å². The van der Waals surface area contributed by atoms with E-state index < -0.39 is 28.5 Å². The lowest BCUT2D eigenvalue weighted by Crippen LogP contribution is -2.40. The lowest BCUT2D eigenvalue weighted by atomic mass is 9.95. The molecule has 0 bridgehead atoms. The monoisotopic (exact) mass is 625 g/mol. The fraction of sp³-hybridized carbons (Fsp3) is 0.310. The van der Waals surface area contributed by atoms with E-state index in [1.165, 1.54) is 29.9 Å². The van der Waals surface area contributed by atoms with Gasteiger partial charge in [-0.3, -0.25) is 19.5 Å². The average molecular weight is 626 g/mol. The molecule has 230 valence electrons. The quantitative estimate of drug-likeness (QED) is 0.184. The van der Waals surface area contributed by atoms with Crippen molar-refractivity contribution in [3.63, 3.8) is 0 Å². The van der Waals surface area contributed by atoms with Crippen LogP contribution in [0, 0.1) is 10.1 Å². The standard InChI is InChI=1S/C29H27N3O11S/c1-5-39-20-9-16(7-8-19(20)41-13-24(33)38-4)26-25(28(35)40-6-2)15(3)30-29-31(26)27(34)23(44-29)11-17-10-21-22(43-14-42-21)12-18(17)32(36)37/h7-12,26H,5-6,13-14H2,1-4H3/b23-11+/t26-/m1/s1. The van der Waals surface area contributed by atoms with Crippen LogP contribution in [0.1, 0.15) is 37.9 Å². The van der Waals surface area contributed by atoms with E-state index in [1.54, 1.807) is 39.0 Å². The molecule has 14 nitrogen and oxygen atoms in total. The van der Waals surface area contributed by atoms with Gasteiger partial charge in [0.15, 0.2) is 34.4 Å². The summed E-state index contributed by atoms with van der Waals surface area (Å²) in [4.78, 5) is 55.0. The summed E-state index contributed by atoms with van der Waals surface area (Å²) in [5.41, 5.74) is 0.254. The van der Waals surface area contributed by atoms with Crippen molar-refractivity contribution in [1.82, 2.24) is 4.57 Å². The molecule has 0 radical (unpaired) electrons. The number of hydrogen-bond donors (Lipinski definition) is 0. The highest BCUT2D eigenvalue weighted by Gasteiger charge is 2.34. The summed E-state index contributed by atoms with van der Waals surface area (Å²) in [6, 6.07) is 6.50. The molecule has 0 unspecified atom stereocenters. The zero-order valence-corrected chi connectivity index (χ0v) is 24.9. The number of nitro benzene ring substituents is 1. The van der Waals surface area contributed by atoms with Crippen molar-refractivity contribution in [2.24, 2.45) is 4.99 Å². The zero-order valence-electron chi connectivity index (χ0n) is 24.1. The van der Waals surface area contributed by atoms with Crippen LogP contribution in [0.25, 0.3) is 6.08 Å². The van der Waals surface area contributed by atoms with E-state index in [0.29, 0.717) is 17.0 Å². The van der Waals surface area contributed by atoms with Gasteiger partial charge in [0, 0.05) is 0 Å². The largest absolute Gasteiger partial charge is 0.490 e. The van der Waals surface area contributed by atoms with Gasteiger partial charge in [-0.2, -0.15) is 0 Å². The van der Waals surface area contributed by atoms with Crippen LogP contribution in [0.2, 0.25) is 0 Å². The first-order valence-corrected chi connectivity index (χ1v) is 14.2. The number of carbonyl (C=O) groups is 2. The van der Waals surface area contributed by atoms with Gasteiger partial charge in [-0.1, -0.05) is 17.4 Å². The Morgan fingerprint density at radius 2 is 1.89 bits per heavy atom. The van der Waals surface area contributed by atoms with Crippen molar-refractivity contribution < 1.29 is 42.9 Å². The molecule has 3 aromatic rings. The van der Waals surface area contributed by atoms with Crippen LogP contribution in [0.4, 0.5) is 5.69 Å². The van der Waals surface area contributed by atoms with Crippen LogP contribution in [-0.2, 0) is 19.1 Å². The number of allylic oxidation sites excluding steroid dienone is 1. The molecule has 5 rings (SSSR count). The fourth-order valence-corrected chi connectivity index (χ4v) is 5.78. The molecular weight excluding hydrogens is 598 g/mol. The maximum atomic E-state index is 14.0. The minimum absolute atomic E-state index is 0.0791. The highest BCUT2D eigenvalue weighted by Crippen LogP contribution is 2.39. The smallest absolute Gasteiger partial charge is 0.343 e. The molecule has 0 amide bonds. The highest BCUT2D eigenvalue weighted by atomic mass is 32.1. The second-order valence-corrected chi connectivity index (χ2v) is 10.3. The molecule has 3 heterocycles. The molecule has 0 aliphatic carbocycles. The van der Waals surface area contributed by atoms with Crippen LogP contribution in [0.3, 0.4) is 0 Å². The Balaban J connectivity index is 1.69. The number of hydrogen-bond acceptors (Lipinski definition) is 13. The first kappa shape index (κ1) is 30.3. The van der Waals surface area contributed by atoms with Crippen LogP contribution >= 0.6 is 11.3 Å². The average Bonchev–Trinajstić information content (AvgIpc) is 3.58. The Labute approximate surface area is 253 Å². The Hall–Kier alpha value is -5.18. The van der Waals surface area contributed by atoms with Crippen molar-refractivity contribution in [1.29, 1.82) is 0 Å². The third-order valence-corrected chi connectivity index (χ3v) is 7.66. The van der Waals surface area contributed by atoms with Gasteiger partial charge < -0.3 is 28.4 Å². The van der Waals surface area contributed by atoms with E-state index in [9.17, 15) is 24.5 Å². The number of nitro groups is 1. The molecule has 0 spiro atoms. The molecular formula is C29H27N3O11S. The molecule has 1 atom stereocenters. The van der Waals surface area contributed by atoms with Gasteiger partial charge in [0.1, 0.15) is 0 Å². The summed E-state index contributed by atoms with van der Waals surface area (Å²) in [6.07, 6.45) is 1.39. The Morgan fingerprint density at radius 1 is 1.14 bits per heavy atom. The van der Waals surface area contributed by atoms with Crippen molar-refractivity contribution in [2.75, 3.05) is 33.7 Å². The summed E-state index contributed by atoms with van der Waals surface area (Å²) in [6.45, 7) is 4.98. The number of aromatic nitrogens is 1. The van der Waals surface area contributed by atoms with E-state index in [-0.39, 0.29) is 70.0 Å². The summed E-state index contributed by atoms with van der Waals surface area (Å²) in [5, 5.41) is 11.8. The number of benzene rings is 2. The lowest BCUT2D eigenvalue weighted by molar-refractivity contribution is -0.385. The number of thiazole rings is 1. The van der Waals surface area contributed by atoms with E-state index in [0.717, 1.165) is 11.3 Å². The van der Waals surface area contributed by atoms with E-state index >= 15 is 0 Å². The molecule has 15 heteroatoms. The molecule has 2 aliphatic heterocycles. The van der Waals surface area contributed by atoms with E-state index in [1.807, 2.05) is 0 Å². The Kier molecular flexibility index (Phi) is 8.66. The number of carbonyl (C=O) groups excluding carboxylic acids is 2. The maximum Gasteiger partial charge on any atom is 0.343 e. The van der Waals surface area contributed by atoms with Gasteiger partial charge in [-0.05, 0) is 50.6 Å². The van der Waals surface area contributed by atoms with Gasteiger partial charge >= 0.3 is 11.9 Å². The normalized spacial score (nSPS) is 15.4. The Bertz CT molecular complexity index is 1880. The molecule has 44 heavy (non-hydrogen) atoms.